The highest BCUT2D eigenvalue weighted by atomic mass is 16.2. The average molecular weight is 344 g/mol. The summed E-state index contributed by atoms with van der Waals surface area (Å²) in [5, 5.41) is 0. The molecule has 0 bridgehead atoms. The molecule has 6 heteroatoms. The van der Waals surface area contributed by atoms with E-state index in [0.717, 1.165) is 57.2 Å². The first kappa shape index (κ1) is 17.8. The molecule has 136 valence electrons. The molecule has 1 saturated carbocycles. The van der Waals surface area contributed by atoms with Gasteiger partial charge >= 0.3 is 0 Å². The molecule has 0 unspecified atom stereocenters. The molecule has 2 heterocycles. The van der Waals surface area contributed by atoms with Gasteiger partial charge in [-0.3, -0.25) is 14.6 Å². The van der Waals surface area contributed by atoms with E-state index in [2.05, 4.69) is 9.97 Å². The Kier molecular flexibility index (Phi) is 5.66. The topological polar surface area (TPSA) is 66.4 Å². The minimum absolute atomic E-state index is 0.0105. The van der Waals surface area contributed by atoms with E-state index in [-0.39, 0.29) is 23.8 Å². The lowest BCUT2D eigenvalue weighted by Crippen LogP contribution is -2.47. The lowest BCUT2D eigenvalue weighted by atomic mass is 9.99. The van der Waals surface area contributed by atoms with Crippen molar-refractivity contribution in [2.45, 2.75) is 57.9 Å². The van der Waals surface area contributed by atoms with Crippen molar-refractivity contribution >= 4 is 11.8 Å². The lowest BCUT2D eigenvalue weighted by Gasteiger charge is -2.33. The van der Waals surface area contributed by atoms with E-state index in [0.29, 0.717) is 12.2 Å². The molecule has 25 heavy (non-hydrogen) atoms. The first-order valence-electron chi connectivity index (χ1n) is 9.42. The zero-order chi connectivity index (χ0) is 17.8. The van der Waals surface area contributed by atoms with Crippen LogP contribution in [-0.4, -0.2) is 57.8 Å². The maximum absolute atomic E-state index is 13.1. The molecule has 1 saturated heterocycles. The summed E-state index contributed by atoms with van der Waals surface area (Å²) >= 11 is 0. The van der Waals surface area contributed by atoms with Gasteiger partial charge in [0, 0.05) is 32.4 Å². The fraction of sp³-hybridized carbons (Fsp3) is 0.684. The van der Waals surface area contributed by atoms with Gasteiger partial charge in [0.15, 0.2) is 0 Å². The van der Waals surface area contributed by atoms with Gasteiger partial charge in [-0.05, 0) is 32.6 Å². The summed E-state index contributed by atoms with van der Waals surface area (Å²) in [5.41, 5.74) is 1.18. The van der Waals surface area contributed by atoms with Gasteiger partial charge in [-0.15, -0.1) is 0 Å². The fourth-order valence-corrected chi connectivity index (χ4v) is 4.05. The first-order valence-corrected chi connectivity index (χ1v) is 9.42. The zero-order valence-electron chi connectivity index (χ0n) is 15.3. The summed E-state index contributed by atoms with van der Waals surface area (Å²) in [4.78, 5) is 38.2. The minimum Gasteiger partial charge on any atom is -0.345 e. The Balaban J connectivity index is 1.86. The van der Waals surface area contributed by atoms with E-state index in [4.69, 9.17) is 0 Å². The van der Waals surface area contributed by atoms with Crippen LogP contribution >= 0.6 is 0 Å². The number of aromatic nitrogens is 2. The summed E-state index contributed by atoms with van der Waals surface area (Å²) < 4.78 is 0. The summed E-state index contributed by atoms with van der Waals surface area (Å²) in [5.74, 6) is 0.0294. The monoisotopic (exact) mass is 344 g/mol. The van der Waals surface area contributed by atoms with E-state index in [9.17, 15) is 9.59 Å². The van der Waals surface area contributed by atoms with Crippen LogP contribution in [0.15, 0.2) is 12.4 Å². The van der Waals surface area contributed by atoms with E-state index in [1.807, 2.05) is 23.8 Å². The third-order valence-electron chi connectivity index (χ3n) is 5.48. The normalized spacial score (nSPS) is 25.4. The van der Waals surface area contributed by atoms with Crippen LogP contribution in [0.3, 0.4) is 0 Å². The van der Waals surface area contributed by atoms with Crippen molar-refractivity contribution in [3.05, 3.63) is 23.8 Å². The predicted octanol–water partition coefficient (Wildman–Crippen LogP) is 2.43. The van der Waals surface area contributed by atoms with E-state index in [1.165, 1.54) is 0 Å². The Labute approximate surface area is 149 Å². The number of carbonyl (C=O) groups excluding carboxylic acids is 2. The van der Waals surface area contributed by atoms with Crippen LogP contribution < -0.4 is 0 Å². The van der Waals surface area contributed by atoms with E-state index >= 15 is 0 Å². The molecule has 1 aromatic heterocycles. The third kappa shape index (κ3) is 3.99. The fourth-order valence-electron chi connectivity index (χ4n) is 4.05. The molecule has 2 aliphatic rings. The molecular weight excluding hydrogens is 316 g/mol. The van der Waals surface area contributed by atoms with Crippen LogP contribution in [0.2, 0.25) is 0 Å². The van der Waals surface area contributed by atoms with Crippen molar-refractivity contribution in [1.82, 2.24) is 19.8 Å². The molecule has 0 N–H and O–H groups in total. The molecule has 2 amide bonds. The quantitative estimate of drug-likeness (QED) is 0.785. The Morgan fingerprint density at radius 2 is 1.80 bits per heavy atom. The van der Waals surface area contributed by atoms with Gasteiger partial charge in [-0.2, -0.15) is 0 Å². The Hall–Kier alpha value is -1.98. The van der Waals surface area contributed by atoms with Crippen LogP contribution in [0, 0.1) is 12.8 Å². The van der Waals surface area contributed by atoms with Gasteiger partial charge in [-0.25, -0.2) is 4.98 Å². The molecule has 1 aliphatic carbocycles. The molecule has 0 spiro atoms. The second-order valence-electron chi connectivity index (χ2n) is 7.32. The van der Waals surface area contributed by atoms with Gasteiger partial charge < -0.3 is 9.80 Å². The van der Waals surface area contributed by atoms with Crippen LogP contribution in [0.1, 0.15) is 61.1 Å². The number of carbonyl (C=O) groups is 2. The smallest absolute Gasteiger partial charge is 0.274 e. The molecule has 1 aromatic rings. The SMILES string of the molecule is Cc1cnc(C(=O)N2CCCCCCN(C)C(=O)[C@@H]3CCC[C@@H]32)cn1. The van der Waals surface area contributed by atoms with Crippen molar-refractivity contribution in [3.63, 3.8) is 0 Å². The number of aryl methyl sites for hydroxylation is 1. The molecule has 3 rings (SSSR count). The van der Waals surface area contributed by atoms with Crippen molar-refractivity contribution in [2.24, 2.45) is 5.92 Å². The molecule has 2 atom stereocenters. The third-order valence-corrected chi connectivity index (χ3v) is 5.48. The first-order chi connectivity index (χ1) is 12.1. The number of rotatable bonds is 1. The number of hydrogen-bond donors (Lipinski definition) is 0. The van der Waals surface area contributed by atoms with Gasteiger partial charge in [-0.1, -0.05) is 19.3 Å². The van der Waals surface area contributed by atoms with Gasteiger partial charge in [0.25, 0.3) is 5.91 Å². The highest BCUT2D eigenvalue weighted by molar-refractivity contribution is 5.93. The molecule has 2 fully saturated rings. The summed E-state index contributed by atoms with van der Waals surface area (Å²) in [7, 11) is 1.90. The Bertz CT molecular complexity index is 616. The molecule has 0 radical (unpaired) electrons. The maximum Gasteiger partial charge on any atom is 0.274 e. The summed E-state index contributed by atoms with van der Waals surface area (Å²) in [6, 6.07) is -0.0105. The van der Waals surface area contributed by atoms with E-state index in [1.54, 1.807) is 12.4 Å². The highest BCUT2D eigenvalue weighted by Crippen LogP contribution is 2.33. The second kappa shape index (κ2) is 7.93. The van der Waals surface area contributed by atoms with Gasteiger partial charge in [0.1, 0.15) is 5.69 Å². The van der Waals surface area contributed by atoms with Crippen molar-refractivity contribution < 1.29 is 9.59 Å². The highest BCUT2D eigenvalue weighted by Gasteiger charge is 2.40. The van der Waals surface area contributed by atoms with Crippen molar-refractivity contribution in [3.8, 4) is 0 Å². The molecule has 6 nitrogen and oxygen atoms in total. The maximum atomic E-state index is 13.1. The minimum atomic E-state index is -0.0842. The lowest BCUT2D eigenvalue weighted by molar-refractivity contribution is -0.135. The van der Waals surface area contributed by atoms with Gasteiger partial charge in [0.2, 0.25) is 5.91 Å². The van der Waals surface area contributed by atoms with Crippen LogP contribution in [-0.2, 0) is 4.79 Å². The van der Waals surface area contributed by atoms with Gasteiger partial charge in [0.05, 0.1) is 17.8 Å². The van der Waals surface area contributed by atoms with Crippen LogP contribution in [0.5, 0.6) is 0 Å². The number of hydrogen-bond acceptors (Lipinski definition) is 4. The summed E-state index contributed by atoms with van der Waals surface area (Å²) in [6.07, 6.45) is 10.2. The van der Waals surface area contributed by atoms with Crippen molar-refractivity contribution in [2.75, 3.05) is 20.1 Å². The zero-order valence-corrected chi connectivity index (χ0v) is 15.3. The Morgan fingerprint density at radius 3 is 2.52 bits per heavy atom. The number of nitrogens with zero attached hydrogens (tertiary/aromatic N) is 4. The largest absolute Gasteiger partial charge is 0.345 e. The average Bonchev–Trinajstić information content (AvgIpc) is 3.08. The number of amides is 2. The van der Waals surface area contributed by atoms with E-state index < -0.39 is 0 Å². The number of fused-ring (bicyclic) bond motifs is 1. The van der Waals surface area contributed by atoms with Crippen LogP contribution in [0.4, 0.5) is 0 Å². The molecule has 1 aliphatic heterocycles. The molecule has 0 aromatic carbocycles. The van der Waals surface area contributed by atoms with Crippen LogP contribution in [0.25, 0.3) is 0 Å². The Morgan fingerprint density at radius 1 is 1.04 bits per heavy atom. The standard InChI is InChI=1S/C19H28N4O2/c1-14-12-21-16(13-20-14)19(25)23-11-6-4-3-5-10-22(2)18(24)15-8-7-9-17(15)23/h12-13,15,17H,3-11H2,1-2H3/t15-,17+/m1/s1. The molecular formula is C19H28N4O2. The summed E-state index contributed by atoms with van der Waals surface area (Å²) in [6.45, 7) is 3.38. The van der Waals surface area contributed by atoms with Crippen molar-refractivity contribution in [1.29, 1.82) is 0 Å². The second-order valence-corrected chi connectivity index (χ2v) is 7.32. The predicted molar refractivity (Wildman–Crippen MR) is 95.0 cm³/mol.